The first-order valence-corrected chi connectivity index (χ1v) is 10.4. The summed E-state index contributed by atoms with van der Waals surface area (Å²) in [6.45, 7) is -1.59. The van der Waals surface area contributed by atoms with E-state index >= 15 is 0 Å². The molecule has 4 heterocycles. The zero-order valence-corrected chi connectivity index (χ0v) is 16.8. The van der Waals surface area contributed by atoms with Gasteiger partial charge in [0.05, 0.1) is 13.2 Å². The van der Waals surface area contributed by atoms with E-state index in [1.807, 2.05) is 30.3 Å². The fourth-order valence-corrected chi connectivity index (χ4v) is 4.27. The minimum Gasteiger partial charge on any atom is -0.387 e. The molecule has 1 aromatic carbocycles. The first kappa shape index (κ1) is 22.5. The van der Waals surface area contributed by atoms with Crippen molar-refractivity contribution in [3.05, 3.63) is 35.9 Å². The molecule has 178 valence electrons. The van der Waals surface area contributed by atoms with Crippen LogP contribution in [0.4, 0.5) is 0 Å². The highest BCUT2D eigenvalue weighted by atomic mass is 16.8. The van der Waals surface area contributed by atoms with Crippen LogP contribution in [0.3, 0.4) is 0 Å². The minimum atomic E-state index is -1.58. The van der Waals surface area contributed by atoms with E-state index in [0.717, 1.165) is 5.56 Å². The van der Waals surface area contributed by atoms with Crippen LogP contribution >= 0.6 is 0 Å². The third-order valence-electron chi connectivity index (χ3n) is 5.99. The van der Waals surface area contributed by atoms with Crippen LogP contribution in [0.1, 0.15) is 11.9 Å². The van der Waals surface area contributed by atoms with Gasteiger partial charge in [-0.3, -0.25) is 0 Å². The molecule has 0 aliphatic carbocycles. The number of aliphatic hydroxyl groups is 5. The predicted octanol–water partition coefficient (Wildman–Crippen LogP) is -2.30. The lowest BCUT2D eigenvalue weighted by molar-refractivity contribution is -0.424. The van der Waals surface area contributed by atoms with Crippen LogP contribution in [0.25, 0.3) is 0 Å². The molecule has 0 saturated carbocycles. The Morgan fingerprint density at radius 1 is 0.656 bits per heavy atom. The third kappa shape index (κ3) is 4.18. The number of benzene rings is 1. The third-order valence-corrected chi connectivity index (χ3v) is 5.99. The lowest BCUT2D eigenvalue weighted by atomic mass is 9.97. The molecule has 12 nitrogen and oxygen atoms in total. The molecule has 12 atom stereocenters. The Morgan fingerprint density at radius 2 is 1.22 bits per heavy atom. The summed E-state index contributed by atoms with van der Waals surface area (Å²) < 4.78 is 38.4. The molecular formula is C20H26O12. The molecule has 0 spiro atoms. The van der Waals surface area contributed by atoms with Crippen LogP contribution in [-0.2, 0) is 33.2 Å². The maximum Gasteiger partial charge on any atom is 0.269 e. The largest absolute Gasteiger partial charge is 0.387 e. The summed E-state index contributed by atoms with van der Waals surface area (Å²) in [6, 6.07) is 9.16. The van der Waals surface area contributed by atoms with Gasteiger partial charge >= 0.3 is 0 Å². The van der Waals surface area contributed by atoms with Crippen LogP contribution in [-0.4, -0.2) is 107 Å². The molecule has 1 aromatic rings. The molecule has 5 N–H and O–H groups in total. The number of hydrogen-bond acceptors (Lipinski definition) is 12. The normalized spacial score (nSPS) is 49.2. The summed E-state index contributed by atoms with van der Waals surface area (Å²) in [4.78, 5) is 0. The number of hydrogen-bond donors (Lipinski definition) is 5. The number of fused-ring (bicyclic) bond motifs is 2. The van der Waals surface area contributed by atoms with E-state index < -0.39 is 74.2 Å². The Balaban J connectivity index is 1.24. The maximum atomic E-state index is 10.7. The Bertz CT molecular complexity index is 762. The van der Waals surface area contributed by atoms with Crippen LogP contribution in [0, 0.1) is 0 Å². The van der Waals surface area contributed by atoms with Crippen LogP contribution in [0.15, 0.2) is 30.3 Å². The maximum absolute atomic E-state index is 10.7. The molecule has 4 aliphatic rings. The van der Waals surface area contributed by atoms with E-state index in [1.54, 1.807) is 0 Å². The smallest absolute Gasteiger partial charge is 0.269 e. The predicted molar refractivity (Wildman–Crippen MR) is 99.3 cm³/mol. The fourth-order valence-electron chi connectivity index (χ4n) is 4.27. The van der Waals surface area contributed by atoms with Crippen LogP contribution in [0.5, 0.6) is 0 Å². The van der Waals surface area contributed by atoms with Crippen molar-refractivity contribution in [1.29, 1.82) is 0 Å². The summed E-state index contributed by atoms with van der Waals surface area (Å²) in [5.74, 6) is 0. The average Bonchev–Trinajstić information content (AvgIpc) is 2.81. The Labute approximate surface area is 182 Å². The molecule has 0 bridgehead atoms. The molecule has 4 saturated heterocycles. The first-order chi connectivity index (χ1) is 15.4. The monoisotopic (exact) mass is 458 g/mol. The van der Waals surface area contributed by atoms with Crippen molar-refractivity contribution in [1.82, 2.24) is 0 Å². The Morgan fingerprint density at radius 3 is 1.84 bits per heavy atom. The molecule has 5 rings (SSSR count). The molecule has 0 radical (unpaired) electrons. The van der Waals surface area contributed by atoms with Gasteiger partial charge in [0.1, 0.15) is 48.8 Å². The van der Waals surface area contributed by atoms with Crippen LogP contribution < -0.4 is 0 Å². The fraction of sp³-hybridized carbons (Fsp3) is 0.700. The SMILES string of the molecule is OC1OCC2O[C@H](O[C@@H]3OC4COC(c5ccccc5)O[C@H]4[C@H](O)C3O)C(O)[C@H](O)[C@H]2O1. The van der Waals surface area contributed by atoms with Gasteiger partial charge in [0, 0.05) is 5.56 Å². The molecule has 0 amide bonds. The van der Waals surface area contributed by atoms with Crippen molar-refractivity contribution in [2.45, 2.75) is 74.2 Å². The molecule has 4 fully saturated rings. The van der Waals surface area contributed by atoms with Crippen molar-refractivity contribution in [3.63, 3.8) is 0 Å². The number of ether oxygens (including phenoxy) is 7. The van der Waals surface area contributed by atoms with Crippen molar-refractivity contribution in [2.75, 3.05) is 13.2 Å². The average molecular weight is 458 g/mol. The topological polar surface area (TPSA) is 166 Å². The van der Waals surface area contributed by atoms with Gasteiger partial charge < -0.3 is 58.7 Å². The zero-order chi connectivity index (χ0) is 22.4. The lowest BCUT2D eigenvalue weighted by Crippen LogP contribution is -2.66. The summed E-state index contributed by atoms with van der Waals surface area (Å²) in [5, 5.41) is 51.4. The summed E-state index contributed by atoms with van der Waals surface area (Å²) >= 11 is 0. The van der Waals surface area contributed by atoms with Gasteiger partial charge in [0.25, 0.3) is 6.48 Å². The summed E-state index contributed by atoms with van der Waals surface area (Å²) in [7, 11) is 0. The standard InChI is InChI=1S/C20H26O12/c21-11-13(23)18(28-9-6-26-17(30-15(9)11)8-4-2-1-3-5-8)32-19-14(24)12(22)16-10(29-19)7-27-20(25)31-16/h1-5,9-25H,6-7H2/t9?,10?,11-,12+,13?,14?,15-,16+,17?,18+,19-,20?/m1/s1. The molecule has 6 unspecified atom stereocenters. The second kappa shape index (κ2) is 9.18. The van der Waals surface area contributed by atoms with Gasteiger partial charge in [-0.25, -0.2) is 0 Å². The molecular weight excluding hydrogens is 432 g/mol. The van der Waals surface area contributed by atoms with Gasteiger partial charge in [-0.1, -0.05) is 30.3 Å². The Hall–Kier alpha value is -1.26. The van der Waals surface area contributed by atoms with Crippen LogP contribution in [0.2, 0.25) is 0 Å². The highest BCUT2D eigenvalue weighted by Gasteiger charge is 2.53. The number of aliphatic hydroxyl groups excluding tert-OH is 5. The van der Waals surface area contributed by atoms with Gasteiger partial charge in [0.15, 0.2) is 18.9 Å². The minimum absolute atomic E-state index is 0.0643. The Kier molecular flexibility index (Phi) is 6.46. The highest BCUT2D eigenvalue weighted by Crippen LogP contribution is 2.36. The van der Waals surface area contributed by atoms with E-state index in [9.17, 15) is 25.5 Å². The van der Waals surface area contributed by atoms with E-state index in [1.165, 1.54) is 0 Å². The van der Waals surface area contributed by atoms with Crippen molar-refractivity contribution in [2.24, 2.45) is 0 Å². The van der Waals surface area contributed by atoms with E-state index in [2.05, 4.69) is 0 Å². The molecule has 32 heavy (non-hydrogen) atoms. The lowest BCUT2D eigenvalue weighted by Gasteiger charge is -2.49. The second-order valence-corrected chi connectivity index (χ2v) is 8.10. The van der Waals surface area contributed by atoms with Gasteiger partial charge in [-0.15, -0.1) is 0 Å². The summed E-state index contributed by atoms with van der Waals surface area (Å²) in [6.07, 6.45) is -13.0. The first-order valence-electron chi connectivity index (χ1n) is 10.4. The van der Waals surface area contributed by atoms with E-state index in [-0.39, 0.29) is 13.2 Å². The van der Waals surface area contributed by atoms with Crippen molar-refractivity contribution >= 4 is 0 Å². The number of rotatable bonds is 3. The van der Waals surface area contributed by atoms with Gasteiger partial charge in [0.2, 0.25) is 0 Å². The van der Waals surface area contributed by atoms with E-state index in [4.69, 9.17) is 33.2 Å². The van der Waals surface area contributed by atoms with Crippen molar-refractivity contribution in [3.8, 4) is 0 Å². The van der Waals surface area contributed by atoms with Gasteiger partial charge in [-0.05, 0) is 0 Å². The highest BCUT2D eigenvalue weighted by molar-refractivity contribution is 5.16. The van der Waals surface area contributed by atoms with E-state index in [0.29, 0.717) is 0 Å². The quantitative estimate of drug-likeness (QED) is 0.329. The molecule has 0 aromatic heterocycles. The molecule has 4 aliphatic heterocycles. The molecule has 12 heteroatoms. The zero-order valence-electron chi connectivity index (χ0n) is 16.8. The van der Waals surface area contributed by atoms with Crippen molar-refractivity contribution < 1.29 is 58.7 Å². The second-order valence-electron chi connectivity index (χ2n) is 8.10. The summed E-state index contributed by atoms with van der Waals surface area (Å²) in [5.41, 5.74) is 0.760. The van der Waals surface area contributed by atoms with Gasteiger partial charge in [-0.2, -0.15) is 0 Å².